The third-order valence-corrected chi connectivity index (χ3v) is 3.31. The van der Waals surface area contributed by atoms with Crippen molar-refractivity contribution >= 4 is 5.78 Å². The van der Waals surface area contributed by atoms with Crippen LogP contribution in [0.25, 0.3) is 11.3 Å². The van der Waals surface area contributed by atoms with Crippen molar-refractivity contribution in [2.45, 2.75) is 26.3 Å². The summed E-state index contributed by atoms with van der Waals surface area (Å²) in [7, 11) is 0. The molecule has 1 aliphatic rings. The van der Waals surface area contributed by atoms with Gasteiger partial charge in [0.05, 0.1) is 12.2 Å². The number of imidazole rings is 1. The molecular weight excluding hydrogens is 212 g/mol. The summed E-state index contributed by atoms with van der Waals surface area (Å²) in [6.45, 7) is 2.53. The highest BCUT2D eigenvalue weighted by Gasteiger charge is 2.21. The molecule has 0 aliphatic carbocycles. The quantitative estimate of drug-likeness (QED) is 0.748. The van der Waals surface area contributed by atoms with Gasteiger partial charge in [-0.3, -0.25) is 4.79 Å². The number of rotatable bonds is 1. The second kappa shape index (κ2) is 3.84. The molecule has 1 aromatic heterocycles. The first kappa shape index (κ1) is 10.3. The van der Waals surface area contributed by atoms with Crippen LogP contribution in [-0.2, 0) is 17.8 Å². The zero-order valence-corrected chi connectivity index (χ0v) is 9.81. The molecule has 3 rings (SSSR count). The highest BCUT2D eigenvalue weighted by molar-refractivity contribution is 5.80. The van der Waals surface area contributed by atoms with E-state index in [-0.39, 0.29) is 0 Å². The summed E-state index contributed by atoms with van der Waals surface area (Å²) in [4.78, 5) is 16.1. The number of nitrogens with zero attached hydrogens (tertiary/aromatic N) is 2. The van der Waals surface area contributed by atoms with Crippen LogP contribution >= 0.6 is 0 Å². The molecule has 0 bridgehead atoms. The number of hydrogen-bond acceptors (Lipinski definition) is 2. The van der Waals surface area contributed by atoms with Crippen LogP contribution in [0.5, 0.6) is 0 Å². The normalized spacial score (nSPS) is 14.8. The third kappa shape index (κ3) is 1.68. The van der Waals surface area contributed by atoms with Gasteiger partial charge < -0.3 is 4.57 Å². The first-order valence-electron chi connectivity index (χ1n) is 5.89. The van der Waals surface area contributed by atoms with Crippen molar-refractivity contribution < 1.29 is 4.79 Å². The Balaban J connectivity index is 2.11. The van der Waals surface area contributed by atoms with Crippen molar-refractivity contribution in [3.05, 3.63) is 41.9 Å². The predicted molar refractivity (Wildman–Crippen MR) is 65.7 cm³/mol. The van der Waals surface area contributed by atoms with Gasteiger partial charge in [0.15, 0.2) is 5.78 Å². The average molecular weight is 226 g/mol. The molecule has 2 heterocycles. The van der Waals surface area contributed by atoms with Gasteiger partial charge in [0.25, 0.3) is 0 Å². The molecule has 0 N–H and O–H groups in total. The van der Waals surface area contributed by atoms with Crippen LogP contribution in [0.3, 0.4) is 0 Å². The summed E-state index contributed by atoms with van der Waals surface area (Å²) in [5.41, 5.74) is 3.23. The Morgan fingerprint density at radius 3 is 2.71 bits per heavy atom. The molecule has 1 aliphatic heterocycles. The summed E-state index contributed by atoms with van der Waals surface area (Å²) in [6, 6.07) is 10.1. The Kier molecular flexibility index (Phi) is 2.32. The summed E-state index contributed by atoms with van der Waals surface area (Å²) >= 11 is 0. The van der Waals surface area contributed by atoms with E-state index in [0.717, 1.165) is 29.2 Å². The standard InChI is InChI=1S/C14H14N2O/c1-10-14(11-5-3-2-4-6-11)15-13-8-7-12(17)9-16(10)13/h2-6H,7-9H2,1H3. The first-order chi connectivity index (χ1) is 8.25. The van der Waals surface area contributed by atoms with Gasteiger partial charge in [0.2, 0.25) is 0 Å². The van der Waals surface area contributed by atoms with Gasteiger partial charge in [0, 0.05) is 24.1 Å². The number of aromatic nitrogens is 2. The van der Waals surface area contributed by atoms with E-state index in [2.05, 4.69) is 17.1 Å². The highest BCUT2D eigenvalue weighted by Crippen LogP contribution is 2.25. The van der Waals surface area contributed by atoms with Crippen LogP contribution in [0.2, 0.25) is 0 Å². The van der Waals surface area contributed by atoms with Gasteiger partial charge in [-0.15, -0.1) is 0 Å². The minimum atomic E-state index is 0.303. The molecule has 0 saturated heterocycles. The minimum absolute atomic E-state index is 0.303. The van der Waals surface area contributed by atoms with Gasteiger partial charge in [-0.1, -0.05) is 30.3 Å². The highest BCUT2D eigenvalue weighted by atomic mass is 16.1. The molecule has 1 aromatic carbocycles. The number of carbonyl (C=O) groups is 1. The Morgan fingerprint density at radius 1 is 1.18 bits per heavy atom. The zero-order chi connectivity index (χ0) is 11.8. The van der Waals surface area contributed by atoms with Gasteiger partial charge in [-0.05, 0) is 6.92 Å². The number of hydrogen-bond donors (Lipinski definition) is 0. The molecule has 17 heavy (non-hydrogen) atoms. The molecule has 86 valence electrons. The average Bonchev–Trinajstić information content (AvgIpc) is 2.68. The van der Waals surface area contributed by atoms with E-state index in [4.69, 9.17) is 0 Å². The number of Topliss-reactive ketones (excluding diaryl/α,β-unsaturated/α-hetero) is 1. The second-order valence-electron chi connectivity index (χ2n) is 4.45. The van der Waals surface area contributed by atoms with Crippen LogP contribution in [0.15, 0.2) is 30.3 Å². The maximum Gasteiger partial charge on any atom is 0.153 e. The largest absolute Gasteiger partial charge is 0.324 e. The lowest BCUT2D eigenvalue weighted by Crippen LogP contribution is -2.20. The maximum atomic E-state index is 11.5. The van der Waals surface area contributed by atoms with Crippen molar-refractivity contribution in [2.75, 3.05) is 0 Å². The molecule has 3 nitrogen and oxygen atoms in total. The molecule has 3 heteroatoms. The van der Waals surface area contributed by atoms with Crippen molar-refractivity contribution in [3.8, 4) is 11.3 Å². The number of ketones is 1. The molecule has 2 aromatic rings. The molecule has 0 spiro atoms. The minimum Gasteiger partial charge on any atom is -0.324 e. The van der Waals surface area contributed by atoms with Crippen LogP contribution in [0, 0.1) is 6.92 Å². The fourth-order valence-electron chi connectivity index (χ4n) is 2.37. The molecule has 0 atom stereocenters. The SMILES string of the molecule is Cc1c(-c2ccccc2)nc2n1CC(=O)CC2. The fourth-order valence-corrected chi connectivity index (χ4v) is 2.37. The van der Waals surface area contributed by atoms with E-state index in [1.54, 1.807) is 0 Å². The van der Waals surface area contributed by atoms with Crippen LogP contribution < -0.4 is 0 Å². The van der Waals surface area contributed by atoms with Crippen LogP contribution in [-0.4, -0.2) is 15.3 Å². The van der Waals surface area contributed by atoms with Gasteiger partial charge in [0.1, 0.15) is 5.82 Å². The zero-order valence-electron chi connectivity index (χ0n) is 9.81. The maximum absolute atomic E-state index is 11.5. The Labute approximate surface area is 100 Å². The molecule has 0 saturated carbocycles. The third-order valence-electron chi connectivity index (χ3n) is 3.31. The van der Waals surface area contributed by atoms with Crippen LogP contribution in [0.4, 0.5) is 0 Å². The Hall–Kier alpha value is -1.90. The van der Waals surface area contributed by atoms with Gasteiger partial charge >= 0.3 is 0 Å². The van der Waals surface area contributed by atoms with Crippen molar-refractivity contribution in [1.29, 1.82) is 0 Å². The summed E-state index contributed by atoms with van der Waals surface area (Å²) < 4.78 is 2.05. The summed E-state index contributed by atoms with van der Waals surface area (Å²) in [5, 5.41) is 0. The number of aryl methyl sites for hydroxylation is 1. The molecule has 0 unspecified atom stereocenters. The van der Waals surface area contributed by atoms with E-state index in [1.165, 1.54) is 0 Å². The monoisotopic (exact) mass is 226 g/mol. The lowest BCUT2D eigenvalue weighted by molar-refractivity contribution is -0.120. The van der Waals surface area contributed by atoms with E-state index >= 15 is 0 Å². The smallest absolute Gasteiger partial charge is 0.153 e. The molecular formula is C14H14N2O. The van der Waals surface area contributed by atoms with Gasteiger partial charge in [-0.25, -0.2) is 4.98 Å². The van der Waals surface area contributed by atoms with Crippen LogP contribution in [0.1, 0.15) is 17.9 Å². The lowest BCUT2D eigenvalue weighted by atomic mass is 10.1. The van der Waals surface area contributed by atoms with E-state index in [9.17, 15) is 4.79 Å². The Bertz CT molecular complexity index is 569. The van der Waals surface area contributed by atoms with Crippen molar-refractivity contribution in [1.82, 2.24) is 9.55 Å². The van der Waals surface area contributed by atoms with E-state index < -0.39 is 0 Å². The molecule has 0 radical (unpaired) electrons. The topological polar surface area (TPSA) is 34.9 Å². The van der Waals surface area contributed by atoms with Gasteiger partial charge in [-0.2, -0.15) is 0 Å². The summed E-state index contributed by atoms with van der Waals surface area (Å²) in [5.74, 6) is 1.35. The van der Waals surface area contributed by atoms with E-state index in [0.29, 0.717) is 18.7 Å². The second-order valence-corrected chi connectivity index (χ2v) is 4.45. The van der Waals surface area contributed by atoms with Crippen molar-refractivity contribution in [3.63, 3.8) is 0 Å². The Morgan fingerprint density at radius 2 is 1.94 bits per heavy atom. The lowest BCUT2D eigenvalue weighted by Gasteiger charge is -2.13. The van der Waals surface area contributed by atoms with E-state index in [1.807, 2.05) is 29.7 Å². The number of fused-ring (bicyclic) bond motifs is 1. The molecule has 0 fully saturated rings. The fraction of sp³-hybridized carbons (Fsp3) is 0.286. The summed E-state index contributed by atoms with van der Waals surface area (Å²) in [6.07, 6.45) is 1.40. The number of benzene rings is 1. The number of carbonyl (C=O) groups excluding carboxylic acids is 1. The van der Waals surface area contributed by atoms with Crippen molar-refractivity contribution in [2.24, 2.45) is 0 Å². The predicted octanol–water partition coefficient (Wildman–Crippen LogP) is 2.37. The first-order valence-corrected chi connectivity index (χ1v) is 5.89. The molecule has 0 amide bonds.